The predicted octanol–water partition coefficient (Wildman–Crippen LogP) is 0.436. The van der Waals surface area contributed by atoms with Gasteiger partial charge in [0.2, 0.25) is 5.82 Å². The number of amides is 1. The van der Waals surface area contributed by atoms with E-state index in [-0.39, 0.29) is 11.7 Å². The Morgan fingerprint density at radius 3 is 2.61 bits per heavy atom. The van der Waals surface area contributed by atoms with E-state index in [4.69, 9.17) is 4.74 Å². The van der Waals surface area contributed by atoms with Crippen molar-refractivity contribution in [1.29, 1.82) is 0 Å². The van der Waals surface area contributed by atoms with Crippen LogP contribution in [0.2, 0.25) is 0 Å². The van der Waals surface area contributed by atoms with Gasteiger partial charge in [0, 0.05) is 33.2 Å². The molecule has 0 atom stereocenters. The van der Waals surface area contributed by atoms with E-state index >= 15 is 0 Å². The minimum absolute atomic E-state index is 0.0832. The summed E-state index contributed by atoms with van der Waals surface area (Å²) in [4.78, 5) is 25.7. The fourth-order valence-electron chi connectivity index (χ4n) is 3.18. The highest BCUT2D eigenvalue weighted by Crippen LogP contribution is 2.25. The molecule has 0 radical (unpaired) electrons. The number of morpholine rings is 1. The van der Waals surface area contributed by atoms with Crippen LogP contribution in [0.4, 0.5) is 5.82 Å². The summed E-state index contributed by atoms with van der Waals surface area (Å²) in [5.74, 6) is 0.971. The summed E-state index contributed by atoms with van der Waals surface area (Å²) < 4.78 is 7.11. The third kappa shape index (κ3) is 2.52. The molecule has 0 aliphatic carbocycles. The molecule has 2 fully saturated rings. The van der Waals surface area contributed by atoms with Crippen molar-refractivity contribution in [2.45, 2.75) is 12.8 Å². The lowest BCUT2D eigenvalue weighted by atomic mass is 10.3. The largest absolute Gasteiger partial charge is 0.378 e. The van der Waals surface area contributed by atoms with Crippen molar-refractivity contribution in [3.05, 3.63) is 12.0 Å². The molecule has 23 heavy (non-hydrogen) atoms. The highest BCUT2D eigenvalue weighted by atomic mass is 16.5. The third-order valence-electron chi connectivity index (χ3n) is 4.47. The number of hydrogen-bond donors (Lipinski definition) is 0. The molecule has 0 saturated carbocycles. The number of aryl methyl sites for hydroxylation is 1. The monoisotopic (exact) mass is 316 g/mol. The average molecular weight is 316 g/mol. The molecule has 8 nitrogen and oxygen atoms in total. The van der Waals surface area contributed by atoms with E-state index in [2.05, 4.69) is 20.0 Å². The molecule has 0 N–H and O–H groups in total. The molecular weight excluding hydrogens is 296 g/mol. The summed E-state index contributed by atoms with van der Waals surface area (Å²) in [6.45, 7) is 4.44. The number of fused-ring (bicyclic) bond motifs is 1. The number of likely N-dealkylation sites (tertiary alicyclic amines) is 1. The zero-order chi connectivity index (χ0) is 15.8. The Balaban J connectivity index is 1.78. The quantitative estimate of drug-likeness (QED) is 0.800. The molecule has 8 heteroatoms. The number of anilines is 1. The zero-order valence-corrected chi connectivity index (χ0v) is 13.2. The van der Waals surface area contributed by atoms with Crippen LogP contribution in [0.1, 0.15) is 23.5 Å². The van der Waals surface area contributed by atoms with E-state index in [1.807, 2.05) is 11.9 Å². The molecule has 2 aromatic heterocycles. The van der Waals surface area contributed by atoms with Crippen LogP contribution in [0, 0.1) is 0 Å². The maximum absolute atomic E-state index is 12.7. The predicted molar refractivity (Wildman–Crippen MR) is 84.5 cm³/mol. The summed E-state index contributed by atoms with van der Waals surface area (Å²) in [6.07, 6.45) is 3.87. The molecule has 4 heterocycles. The zero-order valence-electron chi connectivity index (χ0n) is 13.2. The number of hydrogen-bond acceptors (Lipinski definition) is 6. The van der Waals surface area contributed by atoms with Gasteiger partial charge in [0.05, 0.1) is 24.8 Å². The van der Waals surface area contributed by atoms with Crippen LogP contribution in [-0.4, -0.2) is 69.9 Å². The first-order valence-corrected chi connectivity index (χ1v) is 8.06. The minimum Gasteiger partial charge on any atom is -0.378 e. The molecule has 0 unspecified atom stereocenters. The molecular formula is C15H20N6O2. The van der Waals surface area contributed by atoms with E-state index in [1.165, 1.54) is 0 Å². The molecule has 2 saturated heterocycles. The first-order valence-electron chi connectivity index (χ1n) is 8.06. The van der Waals surface area contributed by atoms with Crippen molar-refractivity contribution >= 4 is 22.8 Å². The number of carbonyl (C=O) groups excluding carboxylic acids is 1. The smallest absolute Gasteiger partial charge is 0.291 e. The van der Waals surface area contributed by atoms with Crippen molar-refractivity contribution in [1.82, 2.24) is 24.6 Å². The summed E-state index contributed by atoms with van der Waals surface area (Å²) in [5, 5.41) is 5.16. The first-order chi connectivity index (χ1) is 11.2. The standard InChI is InChI=1S/C15H20N6O2/c1-19-13-11(10-16-19)14(20-6-8-23-9-7-20)18-12(17-13)15(22)21-4-2-3-5-21/h10H,2-9H2,1H3. The van der Waals surface area contributed by atoms with Crippen LogP contribution in [0.25, 0.3) is 11.0 Å². The van der Waals surface area contributed by atoms with Gasteiger partial charge in [0.25, 0.3) is 5.91 Å². The lowest BCUT2D eigenvalue weighted by Crippen LogP contribution is -2.37. The van der Waals surface area contributed by atoms with E-state index in [1.54, 1.807) is 10.9 Å². The van der Waals surface area contributed by atoms with Gasteiger partial charge in [0.1, 0.15) is 5.82 Å². The Labute approximate surface area is 134 Å². The van der Waals surface area contributed by atoms with Gasteiger partial charge in [-0.1, -0.05) is 0 Å². The molecule has 1 amide bonds. The SMILES string of the molecule is Cn1ncc2c(N3CCOCC3)nc(C(=O)N3CCCC3)nc21. The summed E-state index contributed by atoms with van der Waals surface area (Å²) in [6, 6.07) is 0. The summed E-state index contributed by atoms with van der Waals surface area (Å²) in [7, 11) is 1.84. The minimum atomic E-state index is -0.0832. The Morgan fingerprint density at radius 1 is 1.13 bits per heavy atom. The number of nitrogens with zero attached hydrogens (tertiary/aromatic N) is 6. The van der Waals surface area contributed by atoms with Gasteiger partial charge in [-0.15, -0.1) is 0 Å². The first kappa shape index (κ1) is 14.4. The third-order valence-corrected chi connectivity index (χ3v) is 4.47. The molecule has 2 aromatic rings. The van der Waals surface area contributed by atoms with Gasteiger partial charge in [-0.3, -0.25) is 9.48 Å². The summed E-state index contributed by atoms with van der Waals surface area (Å²) in [5.41, 5.74) is 0.698. The molecule has 0 bridgehead atoms. The van der Waals surface area contributed by atoms with Crippen LogP contribution in [-0.2, 0) is 11.8 Å². The van der Waals surface area contributed by atoms with E-state index in [0.717, 1.165) is 50.2 Å². The molecule has 2 aliphatic rings. The van der Waals surface area contributed by atoms with Crippen molar-refractivity contribution in [3.63, 3.8) is 0 Å². The Hall–Kier alpha value is -2.22. The second-order valence-electron chi connectivity index (χ2n) is 5.98. The lowest BCUT2D eigenvalue weighted by Gasteiger charge is -2.28. The Morgan fingerprint density at radius 2 is 1.87 bits per heavy atom. The number of rotatable bonds is 2. The number of carbonyl (C=O) groups is 1. The van der Waals surface area contributed by atoms with Crippen molar-refractivity contribution in [2.24, 2.45) is 7.05 Å². The maximum atomic E-state index is 12.7. The van der Waals surface area contributed by atoms with Gasteiger partial charge >= 0.3 is 0 Å². The Bertz CT molecular complexity index is 731. The molecule has 122 valence electrons. The molecule has 4 rings (SSSR count). The normalized spacial score (nSPS) is 18.8. The number of ether oxygens (including phenoxy) is 1. The molecule has 0 spiro atoms. The van der Waals surface area contributed by atoms with Gasteiger partial charge < -0.3 is 14.5 Å². The molecule has 2 aliphatic heterocycles. The highest BCUT2D eigenvalue weighted by molar-refractivity contribution is 5.95. The van der Waals surface area contributed by atoms with Gasteiger partial charge in [-0.2, -0.15) is 5.10 Å². The maximum Gasteiger partial charge on any atom is 0.291 e. The lowest BCUT2D eigenvalue weighted by molar-refractivity contribution is 0.0781. The second kappa shape index (κ2) is 5.77. The van der Waals surface area contributed by atoms with Crippen molar-refractivity contribution in [2.75, 3.05) is 44.3 Å². The van der Waals surface area contributed by atoms with Crippen LogP contribution < -0.4 is 4.90 Å². The fourth-order valence-corrected chi connectivity index (χ4v) is 3.18. The summed E-state index contributed by atoms with van der Waals surface area (Å²) >= 11 is 0. The fraction of sp³-hybridized carbons (Fsp3) is 0.600. The van der Waals surface area contributed by atoms with Crippen LogP contribution in [0.15, 0.2) is 6.20 Å². The highest BCUT2D eigenvalue weighted by Gasteiger charge is 2.26. The molecule has 0 aromatic carbocycles. The second-order valence-corrected chi connectivity index (χ2v) is 5.98. The Kier molecular flexibility index (Phi) is 3.60. The van der Waals surface area contributed by atoms with Crippen LogP contribution >= 0.6 is 0 Å². The average Bonchev–Trinajstić information content (AvgIpc) is 3.25. The van der Waals surface area contributed by atoms with Gasteiger partial charge in [-0.05, 0) is 12.8 Å². The van der Waals surface area contributed by atoms with Crippen LogP contribution in [0.3, 0.4) is 0 Å². The number of aromatic nitrogens is 4. The topological polar surface area (TPSA) is 76.4 Å². The van der Waals surface area contributed by atoms with Crippen LogP contribution in [0.5, 0.6) is 0 Å². The van der Waals surface area contributed by atoms with E-state index < -0.39 is 0 Å². The van der Waals surface area contributed by atoms with Gasteiger partial charge in [0.15, 0.2) is 5.65 Å². The van der Waals surface area contributed by atoms with Gasteiger partial charge in [-0.25, -0.2) is 9.97 Å². The van der Waals surface area contributed by atoms with Crippen molar-refractivity contribution in [3.8, 4) is 0 Å². The van der Waals surface area contributed by atoms with E-state index in [9.17, 15) is 4.79 Å². The van der Waals surface area contributed by atoms with E-state index in [0.29, 0.717) is 18.9 Å². The van der Waals surface area contributed by atoms with Crippen molar-refractivity contribution < 1.29 is 9.53 Å².